The van der Waals surface area contributed by atoms with Crippen molar-refractivity contribution in [1.29, 1.82) is 0 Å². The van der Waals surface area contributed by atoms with E-state index in [1.165, 1.54) is 12.8 Å². The lowest BCUT2D eigenvalue weighted by atomic mass is 9.91. The lowest BCUT2D eigenvalue weighted by Gasteiger charge is -2.25. The Morgan fingerprint density at radius 1 is 1.10 bits per heavy atom. The molecule has 1 fully saturated rings. The molecule has 0 spiro atoms. The molecule has 3 rings (SSSR count). The van der Waals surface area contributed by atoms with Gasteiger partial charge in [-0.05, 0) is 29.7 Å². The Morgan fingerprint density at radius 2 is 1.90 bits per heavy atom. The number of hydrogen-bond donors (Lipinski definition) is 2. The van der Waals surface area contributed by atoms with Gasteiger partial charge >= 0.3 is 0 Å². The van der Waals surface area contributed by atoms with Gasteiger partial charge < -0.3 is 10.8 Å². The molecule has 20 heavy (non-hydrogen) atoms. The molecule has 2 atom stereocenters. The van der Waals surface area contributed by atoms with Crippen LogP contribution in [0.15, 0.2) is 41.4 Å². The van der Waals surface area contributed by atoms with Crippen LogP contribution in [0, 0.1) is 0 Å². The Morgan fingerprint density at radius 3 is 2.75 bits per heavy atom. The van der Waals surface area contributed by atoms with Gasteiger partial charge in [-0.25, -0.2) is 0 Å². The van der Waals surface area contributed by atoms with E-state index in [2.05, 4.69) is 4.99 Å². The summed E-state index contributed by atoms with van der Waals surface area (Å²) in [4.78, 5) is 4.64. The minimum Gasteiger partial charge on any atom is -0.507 e. The van der Waals surface area contributed by atoms with Crippen LogP contribution in [0.3, 0.4) is 0 Å². The highest BCUT2D eigenvalue weighted by Crippen LogP contribution is 2.26. The van der Waals surface area contributed by atoms with Crippen LogP contribution < -0.4 is 5.73 Å². The number of hydrogen-bond acceptors (Lipinski definition) is 3. The molecule has 3 nitrogen and oxygen atoms in total. The Balaban J connectivity index is 1.95. The van der Waals surface area contributed by atoms with Gasteiger partial charge in [0.25, 0.3) is 0 Å². The van der Waals surface area contributed by atoms with Gasteiger partial charge in [0.15, 0.2) is 0 Å². The molecule has 3 heteroatoms. The van der Waals surface area contributed by atoms with Gasteiger partial charge in [0, 0.05) is 17.8 Å². The standard InChI is InChI=1S/C17H20N2O/c18-15-7-3-4-8-16(15)19-11-14-13-6-2-1-5-12(13)9-10-17(14)20/h1-2,5-6,9-11,15-16,20H,3-4,7-8,18H2/t15-,16-/m0/s1. The SMILES string of the molecule is N[C@H]1CCCC[C@@H]1N=Cc1c(O)ccc2ccccc12. The van der Waals surface area contributed by atoms with Gasteiger partial charge in [-0.3, -0.25) is 4.99 Å². The minimum atomic E-state index is 0.150. The molecule has 0 heterocycles. The number of aromatic hydroxyl groups is 1. The van der Waals surface area contributed by atoms with E-state index in [1.54, 1.807) is 12.3 Å². The van der Waals surface area contributed by atoms with Crippen LogP contribution in [0.4, 0.5) is 0 Å². The summed E-state index contributed by atoms with van der Waals surface area (Å²) in [5.41, 5.74) is 6.91. The van der Waals surface area contributed by atoms with Crippen molar-refractivity contribution in [3.8, 4) is 5.75 Å². The van der Waals surface area contributed by atoms with Gasteiger partial charge in [0.05, 0.1) is 6.04 Å². The number of nitrogens with two attached hydrogens (primary N) is 1. The number of phenols is 1. The summed E-state index contributed by atoms with van der Waals surface area (Å²) in [7, 11) is 0. The van der Waals surface area contributed by atoms with Gasteiger partial charge in [-0.2, -0.15) is 0 Å². The Labute approximate surface area is 119 Å². The van der Waals surface area contributed by atoms with E-state index in [0.717, 1.165) is 29.2 Å². The maximum Gasteiger partial charge on any atom is 0.124 e. The number of benzene rings is 2. The zero-order valence-electron chi connectivity index (χ0n) is 11.5. The molecule has 104 valence electrons. The number of rotatable bonds is 2. The molecule has 0 aliphatic heterocycles. The molecular formula is C17H20N2O. The van der Waals surface area contributed by atoms with E-state index in [0.29, 0.717) is 0 Å². The second kappa shape index (κ2) is 5.63. The largest absolute Gasteiger partial charge is 0.507 e. The van der Waals surface area contributed by atoms with Crippen molar-refractivity contribution in [2.45, 2.75) is 37.8 Å². The summed E-state index contributed by atoms with van der Waals surface area (Å²) in [6, 6.07) is 12.0. The van der Waals surface area contributed by atoms with E-state index in [1.807, 2.05) is 30.3 Å². The fourth-order valence-electron chi connectivity index (χ4n) is 2.92. The van der Waals surface area contributed by atoms with Crippen LogP contribution in [-0.4, -0.2) is 23.4 Å². The quantitative estimate of drug-likeness (QED) is 0.821. The first-order chi connectivity index (χ1) is 9.75. The Hall–Kier alpha value is -1.87. The number of aliphatic imine (C=N–C) groups is 1. The van der Waals surface area contributed by atoms with Gasteiger partial charge in [-0.1, -0.05) is 43.2 Å². The number of phenolic OH excluding ortho intramolecular Hbond substituents is 1. The molecule has 1 aliphatic rings. The third kappa shape index (κ3) is 2.54. The monoisotopic (exact) mass is 268 g/mol. The van der Waals surface area contributed by atoms with Crippen molar-refractivity contribution in [2.24, 2.45) is 10.7 Å². The molecule has 0 aromatic heterocycles. The van der Waals surface area contributed by atoms with Crippen molar-refractivity contribution < 1.29 is 5.11 Å². The van der Waals surface area contributed by atoms with Crippen LogP contribution in [0.5, 0.6) is 5.75 Å². The van der Waals surface area contributed by atoms with Crippen LogP contribution in [-0.2, 0) is 0 Å². The third-order valence-corrected chi connectivity index (χ3v) is 4.12. The molecule has 1 saturated carbocycles. The second-order valence-corrected chi connectivity index (χ2v) is 5.51. The third-order valence-electron chi connectivity index (χ3n) is 4.12. The maximum atomic E-state index is 10.1. The summed E-state index contributed by atoms with van der Waals surface area (Å²) < 4.78 is 0. The van der Waals surface area contributed by atoms with Crippen LogP contribution in [0.25, 0.3) is 10.8 Å². The molecule has 2 aromatic carbocycles. The van der Waals surface area contributed by atoms with Crippen molar-refractivity contribution in [2.75, 3.05) is 0 Å². The first kappa shape index (κ1) is 13.1. The summed E-state index contributed by atoms with van der Waals surface area (Å²) >= 11 is 0. The fraction of sp³-hybridized carbons (Fsp3) is 0.353. The lowest BCUT2D eigenvalue weighted by molar-refractivity contribution is 0.387. The highest BCUT2D eigenvalue weighted by molar-refractivity contribution is 6.02. The van der Waals surface area contributed by atoms with Crippen LogP contribution >= 0.6 is 0 Å². The fourth-order valence-corrected chi connectivity index (χ4v) is 2.92. The molecule has 0 saturated heterocycles. The van der Waals surface area contributed by atoms with Crippen molar-refractivity contribution >= 4 is 17.0 Å². The van der Waals surface area contributed by atoms with Crippen LogP contribution in [0.2, 0.25) is 0 Å². The highest BCUT2D eigenvalue weighted by atomic mass is 16.3. The Kier molecular flexibility index (Phi) is 3.70. The zero-order valence-corrected chi connectivity index (χ0v) is 11.5. The molecule has 1 aliphatic carbocycles. The van der Waals surface area contributed by atoms with E-state index in [4.69, 9.17) is 5.73 Å². The molecule has 0 bridgehead atoms. The van der Waals surface area contributed by atoms with Gasteiger partial charge in [0.2, 0.25) is 0 Å². The maximum absolute atomic E-state index is 10.1. The van der Waals surface area contributed by atoms with Crippen molar-refractivity contribution in [3.05, 3.63) is 42.0 Å². The molecule has 0 radical (unpaired) electrons. The van der Waals surface area contributed by atoms with Gasteiger partial charge in [-0.15, -0.1) is 0 Å². The van der Waals surface area contributed by atoms with E-state index in [9.17, 15) is 5.11 Å². The average molecular weight is 268 g/mol. The molecule has 0 amide bonds. The number of fused-ring (bicyclic) bond motifs is 1. The average Bonchev–Trinajstić information content (AvgIpc) is 2.48. The predicted molar refractivity (Wildman–Crippen MR) is 83.4 cm³/mol. The normalized spacial score (nSPS) is 23.4. The smallest absolute Gasteiger partial charge is 0.124 e. The summed E-state index contributed by atoms with van der Waals surface area (Å²) in [5, 5.41) is 12.2. The van der Waals surface area contributed by atoms with E-state index < -0.39 is 0 Å². The second-order valence-electron chi connectivity index (χ2n) is 5.51. The summed E-state index contributed by atoms with van der Waals surface area (Å²) in [5.74, 6) is 0.275. The van der Waals surface area contributed by atoms with Crippen molar-refractivity contribution in [1.82, 2.24) is 0 Å². The summed E-state index contributed by atoms with van der Waals surface area (Å²) in [6.07, 6.45) is 6.28. The van der Waals surface area contributed by atoms with E-state index >= 15 is 0 Å². The first-order valence-corrected chi connectivity index (χ1v) is 7.25. The zero-order chi connectivity index (χ0) is 13.9. The summed E-state index contributed by atoms with van der Waals surface area (Å²) in [6.45, 7) is 0. The molecule has 0 unspecified atom stereocenters. The van der Waals surface area contributed by atoms with Gasteiger partial charge in [0.1, 0.15) is 5.75 Å². The van der Waals surface area contributed by atoms with Crippen molar-refractivity contribution in [3.63, 3.8) is 0 Å². The molecule has 3 N–H and O–H groups in total. The lowest BCUT2D eigenvalue weighted by Crippen LogP contribution is -2.36. The van der Waals surface area contributed by atoms with Crippen LogP contribution in [0.1, 0.15) is 31.2 Å². The highest BCUT2D eigenvalue weighted by Gasteiger charge is 2.20. The first-order valence-electron chi connectivity index (χ1n) is 7.25. The minimum absolute atomic E-state index is 0.150. The Bertz CT molecular complexity index is 636. The predicted octanol–water partition coefficient (Wildman–Crippen LogP) is 3.23. The van der Waals surface area contributed by atoms with E-state index in [-0.39, 0.29) is 17.8 Å². The topological polar surface area (TPSA) is 58.6 Å². The molecule has 2 aromatic rings. The molecular weight excluding hydrogens is 248 g/mol. The number of nitrogens with zero attached hydrogens (tertiary/aromatic N) is 1.